The van der Waals surface area contributed by atoms with Gasteiger partial charge in [0.1, 0.15) is 5.84 Å². The molecular weight excluding hydrogens is 302 g/mol. The van der Waals surface area contributed by atoms with E-state index in [2.05, 4.69) is 34.4 Å². The van der Waals surface area contributed by atoms with Crippen molar-refractivity contribution >= 4 is 33.8 Å². The molecule has 1 aromatic carbocycles. The average Bonchev–Trinajstić information content (AvgIpc) is 3.25. The predicted molar refractivity (Wildman–Crippen MR) is 98.8 cm³/mol. The Morgan fingerprint density at radius 1 is 1.17 bits per heavy atom. The number of H-pyrrole nitrogens is 1. The summed E-state index contributed by atoms with van der Waals surface area (Å²) in [5.41, 5.74) is 9.62. The maximum atomic E-state index is 6.09. The smallest absolute Gasteiger partial charge is 0.141 e. The summed E-state index contributed by atoms with van der Waals surface area (Å²) in [7, 11) is 0. The van der Waals surface area contributed by atoms with Gasteiger partial charge in [0.15, 0.2) is 0 Å². The quantitative estimate of drug-likeness (QED) is 0.498. The summed E-state index contributed by atoms with van der Waals surface area (Å²) in [6, 6.07) is 10.4. The molecule has 2 aromatic heterocycles. The largest absolute Gasteiger partial charge is 0.383 e. The molecule has 3 N–H and O–H groups in total. The molecule has 4 rings (SSSR count). The lowest BCUT2D eigenvalue weighted by Crippen LogP contribution is -2.10. The number of nitrogens with zero attached hydrogens (tertiary/aromatic N) is 1. The van der Waals surface area contributed by atoms with Crippen molar-refractivity contribution in [3.05, 3.63) is 52.3 Å². The molecule has 3 nitrogen and oxygen atoms in total. The highest BCUT2D eigenvalue weighted by atomic mass is 32.1. The number of rotatable bonds is 3. The van der Waals surface area contributed by atoms with E-state index in [0.717, 1.165) is 16.1 Å². The van der Waals surface area contributed by atoms with Gasteiger partial charge in [-0.15, -0.1) is 11.3 Å². The fourth-order valence-electron chi connectivity index (χ4n) is 3.58. The molecule has 0 saturated heterocycles. The molecule has 1 aliphatic rings. The number of thiophene rings is 1. The normalized spacial score (nSPS) is 17.0. The van der Waals surface area contributed by atoms with Crippen molar-refractivity contribution in [2.24, 2.45) is 10.7 Å². The Morgan fingerprint density at radius 2 is 2.04 bits per heavy atom. The highest BCUT2D eigenvalue weighted by Gasteiger charge is 2.18. The molecule has 1 aliphatic carbocycles. The van der Waals surface area contributed by atoms with Crippen LogP contribution in [-0.2, 0) is 0 Å². The number of fused-ring (bicyclic) bond motifs is 1. The van der Waals surface area contributed by atoms with Crippen LogP contribution in [0.5, 0.6) is 0 Å². The molecule has 118 valence electrons. The molecule has 2 heterocycles. The maximum Gasteiger partial charge on any atom is 0.141 e. The Morgan fingerprint density at radius 3 is 2.83 bits per heavy atom. The van der Waals surface area contributed by atoms with Crippen LogP contribution in [0.2, 0.25) is 0 Å². The van der Waals surface area contributed by atoms with Crippen molar-refractivity contribution in [3.8, 4) is 0 Å². The summed E-state index contributed by atoms with van der Waals surface area (Å²) < 4.78 is 0. The predicted octanol–water partition coefficient (Wildman–Crippen LogP) is 5.31. The summed E-state index contributed by atoms with van der Waals surface area (Å²) >= 11 is 1.61. The third-order valence-corrected chi connectivity index (χ3v) is 5.66. The number of hydrogen-bond acceptors (Lipinski definition) is 2. The number of aliphatic imine (C=N–C) groups is 1. The summed E-state index contributed by atoms with van der Waals surface area (Å²) in [5.74, 6) is 1.29. The molecule has 1 fully saturated rings. The van der Waals surface area contributed by atoms with Crippen LogP contribution < -0.4 is 5.73 Å². The van der Waals surface area contributed by atoms with E-state index in [1.165, 1.54) is 43.1 Å². The number of aromatic nitrogens is 1. The highest BCUT2D eigenvalue weighted by molar-refractivity contribution is 7.12. The van der Waals surface area contributed by atoms with Crippen LogP contribution in [0.3, 0.4) is 0 Å². The van der Waals surface area contributed by atoms with Gasteiger partial charge in [-0.05, 0) is 47.9 Å². The lowest BCUT2D eigenvalue weighted by molar-refractivity contribution is 0.445. The third-order valence-electron chi connectivity index (χ3n) is 4.77. The molecule has 0 atom stereocenters. The molecule has 0 radical (unpaired) electrons. The van der Waals surface area contributed by atoms with Crippen molar-refractivity contribution in [1.82, 2.24) is 4.98 Å². The fraction of sp³-hybridized carbons (Fsp3) is 0.316. The van der Waals surface area contributed by atoms with E-state index in [-0.39, 0.29) is 0 Å². The minimum Gasteiger partial charge on any atom is -0.383 e. The molecule has 0 unspecified atom stereocenters. The van der Waals surface area contributed by atoms with Crippen molar-refractivity contribution < 1.29 is 0 Å². The summed E-state index contributed by atoms with van der Waals surface area (Å²) in [4.78, 5) is 9.00. The van der Waals surface area contributed by atoms with Gasteiger partial charge in [-0.2, -0.15) is 0 Å². The zero-order valence-corrected chi connectivity index (χ0v) is 13.9. The topological polar surface area (TPSA) is 54.2 Å². The second kappa shape index (κ2) is 6.20. The van der Waals surface area contributed by atoms with Crippen molar-refractivity contribution in [1.29, 1.82) is 0 Å². The summed E-state index contributed by atoms with van der Waals surface area (Å²) in [5, 5.41) is 3.35. The second-order valence-electron chi connectivity index (χ2n) is 6.28. The number of nitrogens with two attached hydrogens (primary N) is 1. The maximum absolute atomic E-state index is 6.09. The average molecular weight is 323 g/mol. The van der Waals surface area contributed by atoms with Gasteiger partial charge in [0, 0.05) is 17.1 Å². The molecule has 23 heavy (non-hydrogen) atoms. The minimum absolute atomic E-state index is 0.582. The van der Waals surface area contributed by atoms with Gasteiger partial charge < -0.3 is 10.7 Å². The van der Waals surface area contributed by atoms with E-state index >= 15 is 0 Å². The zero-order valence-electron chi connectivity index (χ0n) is 13.1. The monoisotopic (exact) mass is 323 g/mol. The van der Waals surface area contributed by atoms with Crippen LogP contribution in [0.25, 0.3) is 10.9 Å². The molecule has 4 heteroatoms. The fourth-order valence-corrected chi connectivity index (χ4v) is 4.20. The first-order chi connectivity index (χ1) is 11.3. The van der Waals surface area contributed by atoms with Crippen LogP contribution in [0.1, 0.15) is 48.5 Å². The Labute approximate surface area is 140 Å². The van der Waals surface area contributed by atoms with Crippen LogP contribution in [0.15, 0.2) is 46.9 Å². The van der Waals surface area contributed by atoms with Gasteiger partial charge in [0.25, 0.3) is 0 Å². The number of benzene rings is 1. The molecular formula is C19H21N3S. The molecule has 1 saturated carbocycles. The Kier molecular flexibility index (Phi) is 3.92. The summed E-state index contributed by atoms with van der Waals surface area (Å²) in [6.07, 6.45) is 8.93. The van der Waals surface area contributed by atoms with Crippen molar-refractivity contribution in [2.45, 2.75) is 38.0 Å². The van der Waals surface area contributed by atoms with E-state index in [9.17, 15) is 0 Å². The summed E-state index contributed by atoms with van der Waals surface area (Å²) in [6.45, 7) is 0. The number of amidine groups is 1. The van der Waals surface area contributed by atoms with Crippen LogP contribution in [0.4, 0.5) is 5.69 Å². The Bertz CT molecular complexity index is 824. The zero-order chi connectivity index (χ0) is 15.6. The lowest BCUT2D eigenvalue weighted by atomic mass is 9.84. The van der Waals surface area contributed by atoms with Crippen molar-refractivity contribution in [2.75, 3.05) is 0 Å². The molecule has 3 aromatic rings. The number of aromatic amines is 1. The van der Waals surface area contributed by atoms with Crippen molar-refractivity contribution in [3.63, 3.8) is 0 Å². The van der Waals surface area contributed by atoms with E-state index in [1.807, 2.05) is 17.5 Å². The van der Waals surface area contributed by atoms with Crippen LogP contribution >= 0.6 is 11.3 Å². The molecule has 0 amide bonds. The molecule has 0 spiro atoms. The first-order valence-corrected chi connectivity index (χ1v) is 9.18. The van der Waals surface area contributed by atoms with Gasteiger partial charge in [0.05, 0.1) is 10.6 Å². The van der Waals surface area contributed by atoms with Crippen LogP contribution in [0, 0.1) is 0 Å². The van der Waals surface area contributed by atoms with E-state index < -0.39 is 0 Å². The highest BCUT2D eigenvalue weighted by Crippen LogP contribution is 2.37. The van der Waals surface area contributed by atoms with Gasteiger partial charge in [-0.1, -0.05) is 31.4 Å². The number of hydrogen-bond donors (Lipinski definition) is 2. The standard InChI is InChI=1S/C19H21N3S/c20-19(18-7-4-10-23-18)22-14-8-9-15-16(12-21-17(15)11-14)13-5-2-1-3-6-13/h4,7-13,21H,1-3,5-6H2,(H2,20,22). The van der Waals surface area contributed by atoms with Gasteiger partial charge in [-0.3, -0.25) is 0 Å². The Balaban J connectivity index is 1.65. The van der Waals surface area contributed by atoms with Gasteiger partial charge >= 0.3 is 0 Å². The second-order valence-corrected chi connectivity index (χ2v) is 7.23. The van der Waals surface area contributed by atoms with Gasteiger partial charge in [0.2, 0.25) is 0 Å². The van der Waals surface area contributed by atoms with Gasteiger partial charge in [-0.25, -0.2) is 4.99 Å². The minimum atomic E-state index is 0.582. The molecule has 0 bridgehead atoms. The molecule has 0 aliphatic heterocycles. The van der Waals surface area contributed by atoms with E-state index in [0.29, 0.717) is 11.8 Å². The van der Waals surface area contributed by atoms with Crippen LogP contribution in [-0.4, -0.2) is 10.8 Å². The van der Waals surface area contributed by atoms with E-state index in [4.69, 9.17) is 5.73 Å². The Hall–Kier alpha value is -2.07. The first-order valence-electron chi connectivity index (χ1n) is 8.30. The lowest BCUT2D eigenvalue weighted by Gasteiger charge is -2.21. The SMILES string of the molecule is NC(=Nc1ccc2c(C3CCCCC3)c[nH]c2c1)c1cccs1. The van der Waals surface area contributed by atoms with E-state index in [1.54, 1.807) is 11.3 Å². The first kappa shape index (κ1) is 14.5. The third kappa shape index (κ3) is 2.91. The number of nitrogens with one attached hydrogen (secondary N) is 1.